The van der Waals surface area contributed by atoms with Crippen molar-refractivity contribution in [2.75, 3.05) is 37.0 Å². The Labute approximate surface area is 381 Å². The van der Waals surface area contributed by atoms with Crippen molar-refractivity contribution in [2.45, 2.75) is 119 Å². The standard InChI is InChI=1S/2C16H9.2C12H27P.Pt/c2*1-2-14-8-10-16(11-9-14)13-12-15-6-4-3-5-7-15;2*1-4-7-10-13(11-8-5-2)12-9-6-3;/h2*3-11H;2*4-12H2,1-3H3;/q2*-1;;;+2/p+2. The normalized spacial score (nSPS) is 9.59. The van der Waals surface area contributed by atoms with Gasteiger partial charge in [0.1, 0.15) is 0 Å². The molecule has 0 spiro atoms. The first-order valence-corrected chi connectivity index (χ1v) is 26.6. The maximum Gasteiger partial charge on any atom is 2.00 e. The molecule has 4 aromatic rings. The van der Waals surface area contributed by atoms with Crippen LogP contribution in [0.5, 0.6) is 0 Å². The van der Waals surface area contributed by atoms with E-state index in [1.54, 1.807) is 37.0 Å². The first-order chi connectivity index (χ1) is 28.5. The zero-order valence-corrected chi connectivity index (χ0v) is 41.7. The minimum Gasteiger partial charge on any atom is -0.366 e. The van der Waals surface area contributed by atoms with Crippen LogP contribution < -0.4 is 0 Å². The Morgan fingerprint density at radius 1 is 0.322 bits per heavy atom. The van der Waals surface area contributed by atoms with E-state index in [1.807, 2.05) is 109 Å². The molecule has 4 aromatic carbocycles. The summed E-state index contributed by atoms with van der Waals surface area (Å²) in [6.07, 6.45) is 40.7. The van der Waals surface area contributed by atoms with Gasteiger partial charge in [-0.2, -0.15) is 0 Å². The first-order valence-electron chi connectivity index (χ1n) is 22.3. The Morgan fingerprint density at radius 2 is 0.525 bits per heavy atom. The molecule has 0 radical (unpaired) electrons. The fraction of sp³-hybridized carbons (Fsp3) is 0.429. The van der Waals surface area contributed by atoms with Gasteiger partial charge in [-0.15, -0.1) is 35.4 Å². The third kappa shape index (κ3) is 30.4. The van der Waals surface area contributed by atoms with Crippen LogP contribution in [-0.4, -0.2) is 37.0 Å². The van der Waals surface area contributed by atoms with Crippen LogP contribution in [0.2, 0.25) is 0 Å². The summed E-state index contributed by atoms with van der Waals surface area (Å²) >= 11 is 0. The number of rotatable bonds is 18. The summed E-state index contributed by atoms with van der Waals surface area (Å²) in [6.45, 7) is 13.9. The molecule has 0 aliphatic heterocycles. The fourth-order valence-corrected chi connectivity index (χ4v) is 12.5. The minimum atomic E-state index is 0. The molecule has 0 aromatic heterocycles. The molecule has 0 N–H and O–H groups in total. The number of unbranched alkanes of at least 4 members (excludes halogenated alkanes) is 6. The molecule has 0 unspecified atom stereocenters. The van der Waals surface area contributed by atoms with Crippen molar-refractivity contribution >= 4 is 15.8 Å². The van der Waals surface area contributed by atoms with Gasteiger partial charge in [-0.3, -0.25) is 11.8 Å². The molecule has 4 rings (SSSR count). The zero-order chi connectivity index (χ0) is 42.3. The van der Waals surface area contributed by atoms with E-state index in [-0.39, 0.29) is 36.9 Å². The predicted molar refractivity (Wildman–Crippen MR) is 265 cm³/mol. The Balaban J connectivity index is 0.000000761. The second kappa shape index (κ2) is 40.1. The monoisotopic (exact) mass is 1000 g/mol. The second-order valence-electron chi connectivity index (χ2n) is 14.8. The topological polar surface area (TPSA) is 0 Å². The summed E-state index contributed by atoms with van der Waals surface area (Å²) in [6, 6.07) is 34.7. The molecule has 0 atom stereocenters. The third-order valence-electron chi connectivity index (χ3n) is 9.61. The zero-order valence-electron chi connectivity index (χ0n) is 37.4. The smallest absolute Gasteiger partial charge is 0.366 e. The second-order valence-corrected chi connectivity index (χ2v) is 20.8. The van der Waals surface area contributed by atoms with Crippen LogP contribution >= 0.6 is 15.8 Å². The summed E-state index contributed by atoms with van der Waals surface area (Å²) in [5.41, 5.74) is 5.44. The molecule has 0 fully saturated rings. The molecule has 0 nitrogen and oxygen atoms in total. The molecule has 0 aliphatic carbocycles. The van der Waals surface area contributed by atoms with Crippen molar-refractivity contribution in [3.05, 3.63) is 155 Å². The average molecular weight is 1000 g/mol. The van der Waals surface area contributed by atoms with Gasteiger partial charge in [0.15, 0.2) is 0 Å². The molecule has 3 heteroatoms. The Morgan fingerprint density at radius 3 is 0.729 bits per heavy atom. The molecule has 0 saturated carbocycles. The molecular weight excluding hydrogens is 930 g/mol. The van der Waals surface area contributed by atoms with E-state index in [0.717, 1.165) is 33.4 Å². The van der Waals surface area contributed by atoms with Crippen molar-refractivity contribution in [3.8, 4) is 35.5 Å². The van der Waals surface area contributed by atoms with Gasteiger partial charge in [-0.05, 0) is 62.8 Å². The van der Waals surface area contributed by atoms with Crippen molar-refractivity contribution < 1.29 is 21.1 Å². The number of hydrogen-bond acceptors (Lipinski definition) is 0. The average Bonchev–Trinajstić information content (AvgIpc) is 3.28. The molecule has 316 valence electrons. The van der Waals surface area contributed by atoms with Gasteiger partial charge in [0.25, 0.3) is 0 Å². The molecule has 0 aliphatic rings. The predicted octanol–water partition coefficient (Wildman–Crippen LogP) is 15.2. The van der Waals surface area contributed by atoms with E-state index in [1.165, 1.54) is 77.0 Å². The van der Waals surface area contributed by atoms with E-state index in [2.05, 4.69) is 77.1 Å². The Kier molecular flexibility index (Phi) is 37.8. The largest absolute Gasteiger partial charge is 2.00 e. The fourth-order valence-electron chi connectivity index (χ4n) is 5.92. The summed E-state index contributed by atoms with van der Waals surface area (Å²) in [7, 11) is 0.135. The minimum absolute atomic E-state index is 0. The van der Waals surface area contributed by atoms with Crippen molar-refractivity contribution in [1.29, 1.82) is 0 Å². The summed E-state index contributed by atoms with van der Waals surface area (Å²) < 4.78 is 0. The van der Waals surface area contributed by atoms with Gasteiger partial charge in [0, 0.05) is 38.1 Å². The van der Waals surface area contributed by atoms with Crippen LogP contribution in [-0.2, 0) is 21.1 Å². The van der Waals surface area contributed by atoms with Crippen LogP contribution in [0.15, 0.2) is 109 Å². The van der Waals surface area contributed by atoms with E-state index in [9.17, 15) is 0 Å². The third-order valence-corrected chi connectivity index (χ3v) is 16.0. The van der Waals surface area contributed by atoms with E-state index in [0.29, 0.717) is 0 Å². The van der Waals surface area contributed by atoms with Crippen molar-refractivity contribution in [2.24, 2.45) is 0 Å². The van der Waals surface area contributed by atoms with Gasteiger partial charge in [-0.1, -0.05) is 164 Å². The molecule has 0 saturated heterocycles. The number of benzene rings is 4. The van der Waals surface area contributed by atoms with Gasteiger partial charge in [0.05, 0.1) is 37.0 Å². The van der Waals surface area contributed by atoms with Crippen molar-refractivity contribution in [3.63, 3.8) is 0 Å². The summed E-state index contributed by atoms with van der Waals surface area (Å²) in [5.74, 6) is 17.0. The molecular formula is C56H74P2Pt+2. The van der Waals surface area contributed by atoms with Crippen molar-refractivity contribution in [1.82, 2.24) is 0 Å². The molecule has 0 bridgehead atoms. The Hall–Kier alpha value is -3.33. The van der Waals surface area contributed by atoms with Crippen LogP contribution in [0, 0.1) is 48.4 Å². The molecule has 0 amide bonds. The van der Waals surface area contributed by atoms with E-state index < -0.39 is 0 Å². The van der Waals surface area contributed by atoms with Crippen LogP contribution in [0.1, 0.15) is 152 Å². The molecule has 0 heterocycles. The van der Waals surface area contributed by atoms with Gasteiger partial charge >= 0.3 is 21.1 Å². The summed E-state index contributed by atoms with van der Waals surface area (Å²) in [4.78, 5) is 0. The van der Waals surface area contributed by atoms with E-state index >= 15 is 0 Å². The summed E-state index contributed by atoms with van der Waals surface area (Å²) in [5, 5.41) is 0. The van der Waals surface area contributed by atoms with Gasteiger partial charge in [-0.25, -0.2) is 0 Å². The van der Waals surface area contributed by atoms with Crippen LogP contribution in [0.4, 0.5) is 0 Å². The van der Waals surface area contributed by atoms with Crippen LogP contribution in [0.3, 0.4) is 0 Å². The first kappa shape index (κ1) is 55.7. The van der Waals surface area contributed by atoms with Gasteiger partial charge in [0.2, 0.25) is 0 Å². The SMILES string of the molecule is CCCC[PH+](CCCC)CCCC.CCCC[PH+](CCCC)CCCC.[C-]#Cc1ccc(C#Cc2ccccc2)cc1.[C-]#Cc1ccc(C#Cc2ccccc2)cc1.[Pt+2]. The maximum absolute atomic E-state index is 6.96. The van der Waals surface area contributed by atoms with E-state index in [4.69, 9.17) is 12.8 Å². The van der Waals surface area contributed by atoms with Crippen LogP contribution in [0.25, 0.3) is 0 Å². The number of hydrogen-bond donors (Lipinski definition) is 0. The Bertz CT molecular complexity index is 1590. The molecule has 59 heavy (non-hydrogen) atoms. The van der Waals surface area contributed by atoms with Gasteiger partial charge < -0.3 is 12.8 Å². The maximum atomic E-state index is 6.96. The quantitative estimate of drug-likeness (QED) is 0.0529.